The quantitative estimate of drug-likeness (QED) is 0.810. The van der Waals surface area contributed by atoms with Crippen molar-refractivity contribution in [3.8, 4) is 0 Å². The van der Waals surface area contributed by atoms with Crippen LogP contribution in [0.2, 0.25) is 0 Å². The van der Waals surface area contributed by atoms with Crippen LogP contribution in [0, 0.1) is 6.92 Å². The normalized spacial score (nSPS) is 22.6. The van der Waals surface area contributed by atoms with Crippen molar-refractivity contribution < 1.29 is 0 Å². The van der Waals surface area contributed by atoms with Crippen LogP contribution in [0.3, 0.4) is 0 Å². The molecule has 0 amide bonds. The van der Waals surface area contributed by atoms with Gasteiger partial charge in [-0.1, -0.05) is 72.3 Å². The molecule has 2 aliphatic rings. The Bertz CT molecular complexity index is 754. The number of allylic oxidation sites excluding steroid dienone is 2. The maximum absolute atomic E-state index is 4.97. The molecule has 0 saturated carbocycles. The Labute approximate surface area is 131 Å². The van der Waals surface area contributed by atoms with Crippen LogP contribution in [0.15, 0.2) is 83.9 Å². The monoisotopic (exact) mass is 286 g/mol. The number of hydrogen-bond acceptors (Lipinski definition) is 2. The number of rotatable bonds is 2. The summed E-state index contributed by atoms with van der Waals surface area (Å²) in [6.45, 7) is 2.11. The molecule has 2 nitrogen and oxygen atoms in total. The standard InChI is InChI=1S/C20H18N2/c1-15-11-13-16(14-12-15)20-21-18-9-5-6-10-19(18)22(20)17-7-3-2-4-8-17/h2-14,18-19H,1H3. The first-order chi connectivity index (χ1) is 10.8. The minimum Gasteiger partial charge on any atom is -0.317 e. The summed E-state index contributed by atoms with van der Waals surface area (Å²) < 4.78 is 0. The molecule has 2 aromatic rings. The molecule has 0 bridgehead atoms. The van der Waals surface area contributed by atoms with Crippen molar-refractivity contribution >= 4 is 11.5 Å². The fourth-order valence-electron chi connectivity index (χ4n) is 3.09. The van der Waals surface area contributed by atoms with Gasteiger partial charge in [0, 0.05) is 11.3 Å². The Hall–Kier alpha value is -2.61. The highest BCUT2D eigenvalue weighted by Gasteiger charge is 2.35. The molecule has 2 atom stereocenters. The Morgan fingerprint density at radius 3 is 2.36 bits per heavy atom. The zero-order chi connectivity index (χ0) is 14.9. The lowest BCUT2D eigenvalue weighted by Gasteiger charge is -2.29. The Morgan fingerprint density at radius 1 is 0.864 bits per heavy atom. The van der Waals surface area contributed by atoms with Gasteiger partial charge in [-0.15, -0.1) is 0 Å². The Morgan fingerprint density at radius 2 is 1.59 bits per heavy atom. The third-order valence-electron chi connectivity index (χ3n) is 4.22. The maximum atomic E-state index is 4.97. The highest BCUT2D eigenvalue weighted by Crippen LogP contribution is 2.31. The number of para-hydroxylation sites is 1. The summed E-state index contributed by atoms with van der Waals surface area (Å²) in [7, 11) is 0. The molecule has 0 aromatic heterocycles. The van der Waals surface area contributed by atoms with E-state index in [1.165, 1.54) is 16.8 Å². The van der Waals surface area contributed by atoms with Crippen molar-refractivity contribution in [1.29, 1.82) is 0 Å². The first kappa shape index (κ1) is 13.1. The van der Waals surface area contributed by atoms with Crippen LogP contribution in [0.1, 0.15) is 11.1 Å². The van der Waals surface area contributed by atoms with Crippen molar-refractivity contribution in [3.05, 3.63) is 90.0 Å². The smallest absolute Gasteiger partial charge is 0.136 e. The van der Waals surface area contributed by atoms with Crippen molar-refractivity contribution in [1.82, 2.24) is 0 Å². The lowest BCUT2D eigenvalue weighted by Crippen LogP contribution is -2.39. The molecule has 108 valence electrons. The number of fused-ring (bicyclic) bond motifs is 1. The summed E-state index contributed by atoms with van der Waals surface area (Å²) in [4.78, 5) is 7.31. The molecule has 1 heterocycles. The van der Waals surface area contributed by atoms with Gasteiger partial charge in [0.05, 0.1) is 12.1 Å². The van der Waals surface area contributed by atoms with Crippen molar-refractivity contribution in [2.45, 2.75) is 19.0 Å². The minimum atomic E-state index is 0.196. The summed E-state index contributed by atoms with van der Waals surface area (Å²) in [5.41, 5.74) is 3.63. The molecule has 0 radical (unpaired) electrons. The second kappa shape index (κ2) is 5.30. The Balaban J connectivity index is 1.81. The molecule has 1 aliphatic heterocycles. The molecule has 0 N–H and O–H groups in total. The molecule has 0 fully saturated rings. The third kappa shape index (κ3) is 2.17. The zero-order valence-electron chi connectivity index (χ0n) is 12.6. The average Bonchev–Trinajstić information content (AvgIpc) is 2.96. The number of nitrogens with zero attached hydrogens (tertiary/aromatic N) is 2. The Kier molecular flexibility index (Phi) is 3.15. The number of aryl methyl sites for hydroxylation is 1. The topological polar surface area (TPSA) is 15.6 Å². The number of benzene rings is 2. The minimum absolute atomic E-state index is 0.196. The van der Waals surface area contributed by atoms with Crippen LogP contribution >= 0.6 is 0 Å². The predicted octanol–water partition coefficient (Wildman–Crippen LogP) is 4.13. The van der Waals surface area contributed by atoms with E-state index in [1.807, 2.05) is 0 Å². The molecule has 2 heteroatoms. The van der Waals surface area contributed by atoms with Gasteiger partial charge in [-0.2, -0.15) is 0 Å². The van der Waals surface area contributed by atoms with Crippen LogP contribution in [0.4, 0.5) is 5.69 Å². The van der Waals surface area contributed by atoms with Gasteiger partial charge < -0.3 is 4.90 Å². The van der Waals surface area contributed by atoms with Gasteiger partial charge in [0.25, 0.3) is 0 Å². The zero-order valence-corrected chi connectivity index (χ0v) is 12.6. The van der Waals surface area contributed by atoms with Gasteiger partial charge in [-0.25, -0.2) is 0 Å². The van der Waals surface area contributed by atoms with Gasteiger partial charge >= 0.3 is 0 Å². The van der Waals surface area contributed by atoms with E-state index in [4.69, 9.17) is 4.99 Å². The van der Waals surface area contributed by atoms with E-state index in [2.05, 4.69) is 90.7 Å². The lowest BCUT2D eigenvalue weighted by molar-refractivity contribution is 0.739. The summed E-state index contributed by atoms with van der Waals surface area (Å²) in [6, 6.07) is 19.6. The lowest BCUT2D eigenvalue weighted by atomic mass is 10.0. The highest BCUT2D eigenvalue weighted by molar-refractivity contribution is 6.12. The average molecular weight is 286 g/mol. The largest absolute Gasteiger partial charge is 0.317 e. The van der Waals surface area contributed by atoms with Crippen molar-refractivity contribution in [2.75, 3.05) is 4.90 Å². The van der Waals surface area contributed by atoms with Gasteiger partial charge in [0.1, 0.15) is 5.84 Å². The first-order valence-corrected chi connectivity index (χ1v) is 7.67. The second-order valence-corrected chi connectivity index (χ2v) is 5.78. The van der Waals surface area contributed by atoms with E-state index in [0.717, 1.165) is 5.84 Å². The number of anilines is 1. The fourth-order valence-corrected chi connectivity index (χ4v) is 3.09. The molecule has 0 saturated heterocycles. The second-order valence-electron chi connectivity index (χ2n) is 5.78. The molecule has 1 aliphatic carbocycles. The van der Waals surface area contributed by atoms with Crippen LogP contribution in [-0.4, -0.2) is 17.9 Å². The van der Waals surface area contributed by atoms with Gasteiger partial charge in [0.15, 0.2) is 0 Å². The van der Waals surface area contributed by atoms with Gasteiger partial charge in [0.2, 0.25) is 0 Å². The SMILES string of the molecule is Cc1ccc(C2=NC3C=CC=CC3N2c2ccccc2)cc1. The molecular formula is C20H18N2. The molecular weight excluding hydrogens is 268 g/mol. The summed E-state index contributed by atoms with van der Waals surface area (Å²) in [6.07, 6.45) is 8.63. The molecule has 4 rings (SSSR count). The van der Waals surface area contributed by atoms with E-state index in [-0.39, 0.29) is 12.1 Å². The summed E-state index contributed by atoms with van der Waals surface area (Å²) in [5, 5.41) is 0. The van der Waals surface area contributed by atoms with E-state index in [9.17, 15) is 0 Å². The van der Waals surface area contributed by atoms with E-state index in [0.29, 0.717) is 0 Å². The summed E-state index contributed by atoms with van der Waals surface area (Å²) >= 11 is 0. The van der Waals surface area contributed by atoms with Crippen LogP contribution in [-0.2, 0) is 0 Å². The molecule has 22 heavy (non-hydrogen) atoms. The molecule has 2 unspecified atom stereocenters. The number of hydrogen-bond donors (Lipinski definition) is 0. The predicted molar refractivity (Wildman–Crippen MR) is 92.5 cm³/mol. The maximum Gasteiger partial charge on any atom is 0.136 e. The van der Waals surface area contributed by atoms with E-state index in [1.54, 1.807) is 0 Å². The van der Waals surface area contributed by atoms with Crippen molar-refractivity contribution in [3.63, 3.8) is 0 Å². The van der Waals surface area contributed by atoms with Crippen LogP contribution < -0.4 is 4.90 Å². The van der Waals surface area contributed by atoms with E-state index >= 15 is 0 Å². The first-order valence-electron chi connectivity index (χ1n) is 7.67. The highest BCUT2D eigenvalue weighted by atomic mass is 15.3. The number of aliphatic imine (C=N–C) groups is 1. The summed E-state index contributed by atoms with van der Waals surface area (Å²) in [5.74, 6) is 1.05. The van der Waals surface area contributed by atoms with Crippen LogP contribution in [0.25, 0.3) is 0 Å². The van der Waals surface area contributed by atoms with Crippen molar-refractivity contribution in [2.24, 2.45) is 4.99 Å². The van der Waals surface area contributed by atoms with E-state index < -0.39 is 0 Å². The molecule has 2 aromatic carbocycles. The fraction of sp³-hybridized carbons (Fsp3) is 0.150. The third-order valence-corrected chi connectivity index (χ3v) is 4.22. The van der Waals surface area contributed by atoms with Crippen LogP contribution in [0.5, 0.6) is 0 Å². The number of amidine groups is 1. The van der Waals surface area contributed by atoms with Gasteiger partial charge in [-0.3, -0.25) is 4.99 Å². The molecule has 0 spiro atoms. The van der Waals surface area contributed by atoms with Gasteiger partial charge in [-0.05, 0) is 19.1 Å².